The van der Waals surface area contributed by atoms with Gasteiger partial charge in [-0.3, -0.25) is 0 Å². The van der Waals surface area contributed by atoms with Crippen LogP contribution in [-0.2, 0) is 32.4 Å². The summed E-state index contributed by atoms with van der Waals surface area (Å²) in [7, 11) is 0. The second-order valence-electron chi connectivity index (χ2n) is 6.78. The molecule has 3 nitrogen and oxygen atoms in total. The van der Waals surface area contributed by atoms with Crippen molar-refractivity contribution in [3.63, 3.8) is 0 Å². The van der Waals surface area contributed by atoms with Crippen molar-refractivity contribution in [2.45, 2.75) is 70.5 Å². The summed E-state index contributed by atoms with van der Waals surface area (Å²) < 4.78 is 6.26. The molecule has 20 heavy (non-hydrogen) atoms. The fraction of sp³-hybridized carbons (Fsp3) is 0.812. The van der Waals surface area contributed by atoms with Crippen LogP contribution in [0.25, 0.3) is 0 Å². The molecule has 3 saturated carbocycles. The summed E-state index contributed by atoms with van der Waals surface area (Å²) in [5.41, 5.74) is 5.53. The molecule has 1 aromatic rings. The molecular weight excluding hydrogens is 429 g/mol. The first kappa shape index (κ1) is 14.8. The van der Waals surface area contributed by atoms with E-state index in [0.29, 0.717) is 6.04 Å². The Morgan fingerprint density at radius 1 is 0.900 bits per heavy atom. The van der Waals surface area contributed by atoms with Gasteiger partial charge >= 0.3 is 95.3 Å². The van der Waals surface area contributed by atoms with Crippen LogP contribution in [0.5, 0.6) is 0 Å². The minimum atomic E-state index is 0.546. The van der Waals surface area contributed by atoms with E-state index in [1.54, 1.807) is 0 Å². The number of hydrogen-bond donors (Lipinski definition) is 1. The number of nitrogens with two attached hydrogens (primary N) is 1. The molecule has 3 aliphatic carbocycles. The molecule has 4 heteroatoms. The zero-order chi connectivity index (χ0) is 13.9. The average molecular weight is 456 g/mol. The van der Waals surface area contributed by atoms with Crippen molar-refractivity contribution in [2.24, 2.45) is 17.6 Å². The summed E-state index contributed by atoms with van der Waals surface area (Å²) in [4.78, 5) is 0. The number of hydrogen-bond acceptors (Lipinski definition) is 1. The van der Waals surface area contributed by atoms with Crippen LogP contribution in [0.15, 0.2) is 12.4 Å². The Bertz CT molecular complexity index is 442. The number of rotatable bonds is 4. The van der Waals surface area contributed by atoms with Gasteiger partial charge in [0.25, 0.3) is 0 Å². The SMILES string of the molecule is NC1CCCC1.[Pt]=[c]1n(CC2CC2)ccn1CC1CC1. The quantitative estimate of drug-likeness (QED) is 0.743. The number of imidazole rings is 1. The van der Waals surface area contributed by atoms with Crippen molar-refractivity contribution < 1.29 is 19.4 Å². The van der Waals surface area contributed by atoms with Crippen LogP contribution >= 0.6 is 0 Å². The minimum absolute atomic E-state index is 0.546. The zero-order valence-electron chi connectivity index (χ0n) is 12.2. The maximum absolute atomic E-state index is 5.53. The van der Waals surface area contributed by atoms with E-state index in [1.165, 1.54) is 68.3 Å². The van der Waals surface area contributed by atoms with Crippen molar-refractivity contribution in [3.8, 4) is 0 Å². The van der Waals surface area contributed by atoms with E-state index in [2.05, 4.69) is 40.9 Å². The summed E-state index contributed by atoms with van der Waals surface area (Å²) >= 11 is 2.47. The molecule has 0 spiro atoms. The average Bonchev–Trinajstić information content (AvgIpc) is 3.34. The Balaban J connectivity index is 0.000000170. The first-order chi connectivity index (χ1) is 9.72. The molecule has 4 rings (SSSR count). The fourth-order valence-corrected chi connectivity index (χ4v) is 3.57. The van der Waals surface area contributed by atoms with Gasteiger partial charge in [0.05, 0.1) is 0 Å². The molecule has 3 fully saturated rings. The Morgan fingerprint density at radius 2 is 1.35 bits per heavy atom. The standard InChI is InChI=1S/C11H16N2.C5H11N.Pt/c1-2-10(1)7-12-5-6-13(9-12)8-11-3-4-11;6-5-3-1-2-4-5;/h5-6,10-11H,1-4,7-8H2;5H,1-4,6H2;. The molecule has 0 atom stereocenters. The van der Waals surface area contributed by atoms with Gasteiger partial charge in [0, 0.05) is 6.04 Å². The van der Waals surface area contributed by atoms with Gasteiger partial charge in [-0.05, 0) is 12.8 Å². The Hall–Kier alpha value is -0.142. The molecule has 3 aliphatic rings. The molecular formula is C16H27N3Pt. The molecule has 0 saturated heterocycles. The van der Waals surface area contributed by atoms with Gasteiger partial charge in [-0.1, -0.05) is 12.8 Å². The Kier molecular flexibility index (Phi) is 4.99. The normalized spacial score (nSPS) is 22.8. The third kappa shape index (κ3) is 4.43. The molecule has 0 unspecified atom stereocenters. The third-order valence-corrected chi connectivity index (χ3v) is 5.87. The van der Waals surface area contributed by atoms with Crippen LogP contribution in [0.1, 0.15) is 51.4 Å². The van der Waals surface area contributed by atoms with Gasteiger partial charge in [-0.2, -0.15) is 0 Å². The zero-order valence-corrected chi connectivity index (χ0v) is 14.5. The van der Waals surface area contributed by atoms with E-state index in [4.69, 9.17) is 5.73 Å². The molecule has 2 N–H and O–H groups in total. The summed E-state index contributed by atoms with van der Waals surface area (Å²) in [6.45, 7) is 2.49. The van der Waals surface area contributed by atoms with Gasteiger partial charge in [-0.25, -0.2) is 0 Å². The van der Waals surface area contributed by atoms with Crippen LogP contribution in [-0.4, -0.2) is 15.2 Å². The summed E-state index contributed by atoms with van der Waals surface area (Å²) in [6.07, 6.45) is 15.5. The van der Waals surface area contributed by atoms with E-state index in [1.807, 2.05) is 0 Å². The fourth-order valence-electron chi connectivity index (χ4n) is 2.82. The van der Waals surface area contributed by atoms with E-state index < -0.39 is 0 Å². The summed E-state index contributed by atoms with van der Waals surface area (Å²) in [5, 5.41) is 0. The summed E-state index contributed by atoms with van der Waals surface area (Å²) in [5.74, 6) is 1.95. The van der Waals surface area contributed by atoms with Gasteiger partial charge < -0.3 is 5.73 Å². The monoisotopic (exact) mass is 456 g/mol. The van der Waals surface area contributed by atoms with Crippen molar-refractivity contribution in [3.05, 3.63) is 16.2 Å². The first-order valence-electron chi connectivity index (χ1n) is 8.19. The van der Waals surface area contributed by atoms with Crippen molar-refractivity contribution >= 4 is 0 Å². The third-order valence-electron chi connectivity index (χ3n) is 4.57. The predicted octanol–water partition coefficient (Wildman–Crippen LogP) is 3.08. The molecule has 0 bridgehead atoms. The topological polar surface area (TPSA) is 35.9 Å². The van der Waals surface area contributed by atoms with E-state index in [0.717, 1.165) is 11.8 Å². The van der Waals surface area contributed by atoms with E-state index in [-0.39, 0.29) is 0 Å². The first-order valence-corrected chi connectivity index (χ1v) is 9.32. The molecule has 1 aromatic heterocycles. The molecule has 0 aliphatic heterocycles. The molecule has 0 aromatic carbocycles. The molecule has 0 radical (unpaired) electrons. The second kappa shape index (κ2) is 6.75. The summed E-state index contributed by atoms with van der Waals surface area (Å²) in [6, 6.07) is 0.546. The molecule has 116 valence electrons. The van der Waals surface area contributed by atoms with E-state index in [9.17, 15) is 0 Å². The van der Waals surface area contributed by atoms with Gasteiger partial charge in [-0.15, -0.1) is 0 Å². The number of aromatic nitrogens is 2. The van der Waals surface area contributed by atoms with Gasteiger partial charge in [0.2, 0.25) is 0 Å². The van der Waals surface area contributed by atoms with E-state index >= 15 is 0 Å². The van der Waals surface area contributed by atoms with Crippen LogP contribution in [0.4, 0.5) is 0 Å². The van der Waals surface area contributed by atoms with Crippen LogP contribution in [0.2, 0.25) is 0 Å². The van der Waals surface area contributed by atoms with Gasteiger partial charge in [0.1, 0.15) is 0 Å². The van der Waals surface area contributed by atoms with Crippen LogP contribution in [0, 0.1) is 15.6 Å². The van der Waals surface area contributed by atoms with Crippen molar-refractivity contribution in [1.29, 1.82) is 0 Å². The Morgan fingerprint density at radius 3 is 1.65 bits per heavy atom. The molecule has 0 amide bonds. The maximum atomic E-state index is 5.53. The van der Waals surface area contributed by atoms with Crippen molar-refractivity contribution in [2.75, 3.05) is 0 Å². The molecule has 1 heterocycles. The van der Waals surface area contributed by atoms with Crippen LogP contribution in [0.3, 0.4) is 0 Å². The van der Waals surface area contributed by atoms with Gasteiger partial charge in [0.15, 0.2) is 0 Å². The van der Waals surface area contributed by atoms with Crippen molar-refractivity contribution in [1.82, 2.24) is 9.13 Å². The Labute approximate surface area is 133 Å². The van der Waals surface area contributed by atoms with Crippen LogP contribution < -0.4 is 5.73 Å². The second-order valence-corrected chi connectivity index (χ2v) is 7.79. The number of nitrogens with zero attached hydrogens (tertiary/aromatic N) is 2. The predicted molar refractivity (Wildman–Crippen MR) is 77.6 cm³/mol.